The van der Waals surface area contributed by atoms with Crippen LogP contribution in [0.25, 0.3) is 16.9 Å². The molecule has 32 heavy (non-hydrogen) atoms. The van der Waals surface area contributed by atoms with Gasteiger partial charge in [0.1, 0.15) is 17.5 Å². The van der Waals surface area contributed by atoms with E-state index in [2.05, 4.69) is 26.0 Å². The Hall–Kier alpha value is -3.72. The molecule has 2 heterocycles. The van der Waals surface area contributed by atoms with Gasteiger partial charge in [-0.2, -0.15) is 9.61 Å². The van der Waals surface area contributed by atoms with Crippen LogP contribution in [0.4, 0.5) is 25.1 Å². The first-order valence-corrected chi connectivity index (χ1v) is 10.1. The normalized spacial score (nSPS) is 10.9. The van der Waals surface area contributed by atoms with Crippen LogP contribution < -0.4 is 16.0 Å². The van der Waals surface area contributed by atoms with Gasteiger partial charge in [-0.15, -0.1) is 0 Å². The van der Waals surface area contributed by atoms with Crippen LogP contribution in [0, 0.1) is 18.6 Å². The number of carbonyl (C=O) groups is 1. The van der Waals surface area contributed by atoms with Gasteiger partial charge in [0.2, 0.25) is 0 Å². The summed E-state index contributed by atoms with van der Waals surface area (Å²) < 4.78 is 28.1. The van der Waals surface area contributed by atoms with Gasteiger partial charge < -0.3 is 16.0 Å². The van der Waals surface area contributed by atoms with Gasteiger partial charge in [0.15, 0.2) is 5.65 Å². The summed E-state index contributed by atoms with van der Waals surface area (Å²) in [6.45, 7) is 2.52. The molecule has 3 N–H and O–H groups in total. The highest BCUT2D eigenvalue weighted by atomic mass is 35.5. The third kappa shape index (κ3) is 4.78. The average molecular weight is 457 g/mol. The number of halogens is 3. The Kier molecular flexibility index (Phi) is 6.18. The molecule has 4 aromatic rings. The molecule has 0 saturated heterocycles. The number of amides is 2. The summed E-state index contributed by atoms with van der Waals surface area (Å²) in [6, 6.07) is 11.5. The van der Waals surface area contributed by atoms with E-state index in [4.69, 9.17) is 11.6 Å². The standard InChI is InChI=1S/C22H19ClF2N6O/c1-13-12-28-31-20(11-19(30-21(13)31)17-4-2-3-5-18(17)23)26-6-7-27-22(32)29-16-9-14(24)8-15(25)10-16/h2-5,8-12,26H,6-7H2,1H3,(H2,27,29,32). The first kappa shape index (κ1) is 21.5. The molecule has 0 radical (unpaired) electrons. The van der Waals surface area contributed by atoms with Crippen molar-refractivity contribution in [2.24, 2.45) is 0 Å². The number of rotatable bonds is 6. The Morgan fingerprint density at radius 2 is 1.84 bits per heavy atom. The zero-order chi connectivity index (χ0) is 22.7. The lowest BCUT2D eigenvalue weighted by Gasteiger charge is -2.12. The molecule has 0 aliphatic rings. The van der Waals surface area contributed by atoms with Crippen LogP contribution in [0.3, 0.4) is 0 Å². The third-order valence-corrected chi connectivity index (χ3v) is 4.96. The van der Waals surface area contributed by atoms with Crippen molar-refractivity contribution in [3.05, 3.63) is 76.9 Å². The minimum absolute atomic E-state index is 0.0280. The predicted octanol–water partition coefficient (Wildman–Crippen LogP) is 4.87. The van der Waals surface area contributed by atoms with Crippen LogP contribution in [0.1, 0.15) is 5.56 Å². The molecule has 4 rings (SSSR count). The molecule has 7 nitrogen and oxygen atoms in total. The number of fused-ring (bicyclic) bond motifs is 1. The fraction of sp³-hybridized carbons (Fsp3) is 0.136. The molecule has 0 bridgehead atoms. The SMILES string of the molecule is Cc1cnn2c(NCCNC(=O)Nc3cc(F)cc(F)c3)cc(-c3ccccc3Cl)nc12. The van der Waals surface area contributed by atoms with Gasteiger partial charge in [0, 0.05) is 47.1 Å². The van der Waals surface area contributed by atoms with E-state index >= 15 is 0 Å². The number of hydrogen-bond donors (Lipinski definition) is 3. The summed E-state index contributed by atoms with van der Waals surface area (Å²) >= 11 is 6.34. The molecular weight excluding hydrogens is 438 g/mol. The highest BCUT2D eigenvalue weighted by Gasteiger charge is 2.12. The summed E-state index contributed by atoms with van der Waals surface area (Å²) in [5.41, 5.74) is 3.10. The van der Waals surface area contributed by atoms with Crippen molar-refractivity contribution in [3.8, 4) is 11.3 Å². The third-order valence-electron chi connectivity index (χ3n) is 4.64. The zero-order valence-electron chi connectivity index (χ0n) is 17.0. The number of nitrogens with zero attached hydrogens (tertiary/aromatic N) is 3. The van der Waals surface area contributed by atoms with Crippen molar-refractivity contribution < 1.29 is 13.6 Å². The lowest BCUT2D eigenvalue weighted by atomic mass is 10.1. The van der Waals surface area contributed by atoms with Crippen LogP contribution in [-0.2, 0) is 0 Å². The van der Waals surface area contributed by atoms with Gasteiger partial charge >= 0.3 is 6.03 Å². The summed E-state index contributed by atoms with van der Waals surface area (Å²) in [5, 5.41) is 13.2. The van der Waals surface area contributed by atoms with Crippen LogP contribution in [0.15, 0.2) is 54.7 Å². The topological polar surface area (TPSA) is 83.3 Å². The Morgan fingerprint density at radius 1 is 1.09 bits per heavy atom. The van der Waals surface area contributed by atoms with Gasteiger partial charge in [-0.25, -0.2) is 18.6 Å². The largest absolute Gasteiger partial charge is 0.368 e. The van der Waals surface area contributed by atoms with Crippen molar-refractivity contribution in [3.63, 3.8) is 0 Å². The molecular formula is C22H19ClF2N6O. The Morgan fingerprint density at radius 3 is 2.59 bits per heavy atom. The summed E-state index contributed by atoms with van der Waals surface area (Å²) in [5.74, 6) is -0.868. The highest BCUT2D eigenvalue weighted by Crippen LogP contribution is 2.29. The predicted molar refractivity (Wildman–Crippen MR) is 120 cm³/mol. The minimum Gasteiger partial charge on any atom is -0.368 e. The van der Waals surface area contributed by atoms with E-state index in [1.54, 1.807) is 16.8 Å². The Labute approximate surface area is 187 Å². The smallest absolute Gasteiger partial charge is 0.319 e. The van der Waals surface area contributed by atoms with E-state index in [0.29, 0.717) is 28.7 Å². The molecule has 0 aliphatic heterocycles. The molecule has 2 aromatic carbocycles. The number of hydrogen-bond acceptors (Lipinski definition) is 4. The molecule has 0 aliphatic carbocycles. The van der Waals surface area contributed by atoms with Crippen molar-refractivity contribution in [2.75, 3.05) is 23.7 Å². The van der Waals surface area contributed by atoms with Crippen LogP contribution >= 0.6 is 11.6 Å². The van der Waals surface area contributed by atoms with E-state index in [1.165, 1.54) is 0 Å². The lowest BCUT2D eigenvalue weighted by Crippen LogP contribution is -2.32. The second-order valence-corrected chi connectivity index (χ2v) is 7.44. The quantitative estimate of drug-likeness (QED) is 0.361. The van der Waals surface area contributed by atoms with Crippen molar-refractivity contribution >= 4 is 34.8 Å². The monoisotopic (exact) mass is 456 g/mol. The van der Waals surface area contributed by atoms with Crippen LogP contribution in [0.2, 0.25) is 5.02 Å². The minimum atomic E-state index is -0.771. The van der Waals surface area contributed by atoms with Gasteiger partial charge in [-0.1, -0.05) is 29.8 Å². The first-order chi connectivity index (χ1) is 15.4. The molecule has 0 saturated carbocycles. The maximum atomic E-state index is 13.2. The van der Waals surface area contributed by atoms with E-state index < -0.39 is 17.7 Å². The number of aryl methyl sites for hydroxylation is 1. The second kappa shape index (κ2) is 9.19. The van der Waals surface area contributed by atoms with Gasteiger partial charge in [-0.3, -0.25) is 0 Å². The molecule has 2 aromatic heterocycles. The number of carbonyl (C=O) groups excluding carboxylic acids is 1. The lowest BCUT2D eigenvalue weighted by molar-refractivity contribution is 0.252. The maximum absolute atomic E-state index is 13.2. The van der Waals surface area contributed by atoms with Gasteiger partial charge in [-0.05, 0) is 25.1 Å². The molecule has 10 heteroatoms. The fourth-order valence-corrected chi connectivity index (χ4v) is 3.41. The van der Waals surface area contributed by atoms with Gasteiger partial charge in [0.25, 0.3) is 0 Å². The highest BCUT2D eigenvalue weighted by molar-refractivity contribution is 6.33. The van der Waals surface area contributed by atoms with Crippen molar-refractivity contribution in [2.45, 2.75) is 6.92 Å². The zero-order valence-corrected chi connectivity index (χ0v) is 17.8. The van der Waals surface area contributed by atoms with E-state index in [9.17, 15) is 13.6 Å². The molecule has 2 amide bonds. The van der Waals surface area contributed by atoms with E-state index in [0.717, 1.165) is 29.3 Å². The van der Waals surface area contributed by atoms with Crippen molar-refractivity contribution in [1.82, 2.24) is 19.9 Å². The summed E-state index contributed by atoms with van der Waals surface area (Å²) in [6.07, 6.45) is 1.72. The number of aromatic nitrogens is 3. The molecule has 0 spiro atoms. The second-order valence-electron chi connectivity index (χ2n) is 7.04. The first-order valence-electron chi connectivity index (χ1n) is 9.76. The molecule has 0 unspecified atom stereocenters. The van der Waals surface area contributed by atoms with Crippen LogP contribution in [0.5, 0.6) is 0 Å². The number of benzene rings is 2. The van der Waals surface area contributed by atoms with E-state index in [-0.39, 0.29) is 12.2 Å². The maximum Gasteiger partial charge on any atom is 0.319 e. The summed E-state index contributed by atoms with van der Waals surface area (Å²) in [7, 11) is 0. The van der Waals surface area contributed by atoms with Gasteiger partial charge in [0.05, 0.1) is 11.9 Å². The van der Waals surface area contributed by atoms with Crippen molar-refractivity contribution in [1.29, 1.82) is 0 Å². The number of anilines is 2. The molecule has 0 fully saturated rings. The van der Waals surface area contributed by atoms with Crippen LogP contribution in [-0.4, -0.2) is 33.7 Å². The fourth-order valence-electron chi connectivity index (χ4n) is 3.17. The molecule has 164 valence electrons. The Bertz CT molecular complexity index is 1270. The summed E-state index contributed by atoms with van der Waals surface area (Å²) in [4.78, 5) is 16.7. The van der Waals surface area contributed by atoms with E-state index in [1.807, 2.05) is 31.2 Å². The Balaban J connectivity index is 1.44. The average Bonchev–Trinajstić information content (AvgIpc) is 3.11. The number of nitrogens with one attached hydrogen (secondary N) is 3. The number of urea groups is 1. The molecule has 0 atom stereocenters.